The highest BCUT2D eigenvalue weighted by Crippen LogP contribution is 2.28. The number of Topliss-reactive ketones (excluding diaryl/α,β-unsaturated/α-hetero) is 1. The van der Waals surface area contributed by atoms with Crippen LogP contribution in [0.25, 0.3) is 0 Å². The number of nitro groups is 1. The smallest absolute Gasteiger partial charge is 0.295 e. The van der Waals surface area contributed by atoms with Crippen LogP contribution in [0.5, 0.6) is 0 Å². The Morgan fingerprint density at radius 3 is 2.60 bits per heavy atom. The lowest BCUT2D eigenvalue weighted by Crippen LogP contribution is -1.95. The molecule has 0 spiro atoms. The zero-order chi connectivity index (χ0) is 11.4. The molecule has 0 bridgehead atoms. The molecule has 6 nitrogen and oxygen atoms in total. The molecule has 0 saturated carbocycles. The van der Waals surface area contributed by atoms with Gasteiger partial charge in [0, 0.05) is 18.7 Å². The number of azo groups is 1. The maximum Gasteiger partial charge on any atom is 0.297 e. The van der Waals surface area contributed by atoms with Crippen molar-refractivity contribution in [3.63, 3.8) is 0 Å². The highest BCUT2D eigenvalue weighted by Gasteiger charge is 2.15. The monoisotopic (exact) mass is 207 g/mol. The summed E-state index contributed by atoms with van der Waals surface area (Å²) in [5.41, 5.74) is 0.220. The molecular formula is C9H9N3O3. The van der Waals surface area contributed by atoms with Crippen LogP contribution in [0, 0.1) is 10.1 Å². The van der Waals surface area contributed by atoms with Gasteiger partial charge < -0.3 is 0 Å². The Hall–Kier alpha value is -2.11. The molecule has 15 heavy (non-hydrogen) atoms. The van der Waals surface area contributed by atoms with Gasteiger partial charge in [-0.3, -0.25) is 14.9 Å². The van der Waals surface area contributed by atoms with Crippen molar-refractivity contribution in [3.05, 3.63) is 33.9 Å². The Balaban J connectivity index is 3.33. The van der Waals surface area contributed by atoms with Gasteiger partial charge in [0.05, 0.1) is 4.92 Å². The average Bonchev–Trinajstić information content (AvgIpc) is 2.18. The van der Waals surface area contributed by atoms with Gasteiger partial charge in [-0.05, 0) is 19.1 Å². The van der Waals surface area contributed by atoms with Crippen molar-refractivity contribution < 1.29 is 9.72 Å². The number of hydrogen-bond donors (Lipinski definition) is 0. The molecule has 0 aromatic heterocycles. The van der Waals surface area contributed by atoms with Gasteiger partial charge in [-0.2, -0.15) is 5.11 Å². The molecule has 0 aliphatic heterocycles. The SMILES string of the molecule is C/N=N/c1ccc(C(C)=O)cc1[N+](=O)[O-]. The average molecular weight is 207 g/mol. The summed E-state index contributed by atoms with van der Waals surface area (Å²) in [7, 11) is 1.42. The van der Waals surface area contributed by atoms with Crippen LogP contribution >= 0.6 is 0 Å². The first-order chi connectivity index (χ1) is 7.06. The molecule has 1 rings (SSSR count). The molecule has 0 radical (unpaired) electrons. The molecule has 0 saturated heterocycles. The molecule has 0 N–H and O–H groups in total. The minimum absolute atomic E-state index is 0.146. The number of rotatable bonds is 3. The summed E-state index contributed by atoms with van der Waals surface area (Å²) < 4.78 is 0. The topological polar surface area (TPSA) is 84.9 Å². The quantitative estimate of drug-likeness (QED) is 0.330. The Labute approximate surface area is 85.8 Å². The van der Waals surface area contributed by atoms with E-state index < -0.39 is 4.92 Å². The lowest BCUT2D eigenvalue weighted by Gasteiger charge is -1.98. The molecule has 0 heterocycles. The first-order valence-electron chi connectivity index (χ1n) is 4.15. The van der Waals surface area contributed by atoms with E-state index in [2.05, 4.69) is 10.2 Å². The van der Waals surface area contributed by atoms with E-state index in [0.717, 1.165) is 0 Å². The normalized spacial score (nSPS) is 10.5. The number of benzene rings is 1. The fourth-order valence-corrected chi connectivity index (χ4v) is 1.08. The van der Waals surface area contributed by atoms with Crippen molar-refractivity contribution >= 4 is 17.2 Å². The predicted octanol–water partition coefficient (Wildman–Crippen LogP) is 2.51. The summed E-state index contributed by atoms with van der Waals surface area (Å²) in [6.07, 6.45) is 0. The maximum atomic E-state index is 11.0. The van der Waals surface area contributed by atoms with E-state index in [-0.39, 0.29) is 22.7 Å². The van der Waals surface area contributed by atoms with Crippen LogP contribution in [-0.4, -0.2) is 17.8 Å². The third-order valence-electron chi connectivity index (χ3n) is 1.79. The lowest BCUT2D eigenvalue weighted by molar-refractivity contribution is -0.384. The van der Waals surface area contributed by atoms with Crippen LogP contribution in [0.4, 0.5) is 11.4 Å². The molecule has 0 unspecified atom stereocenters. The first kappa shape index (κ1) is 11.0. The second-order valence-electron chi connectivity index (χ2n) is 2.82. The number of nitrogens with zero attached hydrogens (tertiary/aromatic N) is 3. The number of carbonyl (C=O) groups excluding carboxylic acids is 1. The molecule has 0 amide bonds. The molecule has 1 aromatic rings. The summed E-state index contributed by atoms with van der Waals surface area (Å²) in [5.74, 6) is -0.224. The van der Waals surface area contributed by atoms with Gasteiger partial charge >= 0.3 is 0 Å². The fourth-order valence-electron chi connectivity index (χ4n) is 1.08. The van der Waals surface area contributed by atoms with E-state index in [9.17, 15) is 14.9 Å². The van der Waals surface area contributed by atoms with E-state index >= 15 is 0 Å². The van der Waals surface area contributed by atoms with Crippen molar-refractivity contribution in [2.24, 2.45) is 10.2 Å². The minimum atomic E-state index is -0.587. The summed E-state index contributed by atoms with van der Waals surface area (Å²) >= 11 is 0. The third kappa shape index (κ3) is 2.43. The van der Waals surface area contributed by atoms with E-state index in [0.29, 0.717) is 0 Å². The Morgan fingerprint density at radius 2 is 2.13 bits per heavy atom. The van der Waals surface area contributed by atoms with Gasteiger partial charge in [-0.1, -0.05) is 0 Å². The second-order valence-corrected chi connectivity index (χ2v) is 2.82. The molecule has 0 atom stereocenters. The molecule has 1 aromatic carbocycles. The molecule has 78 valence electrons. The molecule has 0 fully saturated rings. The van der Waals surface area contributed by atoms with Crippen molar-refractivity contribution in [2.75, 3.05) is 7.05 Å². The summed E-state index contributed by atoms with van der Waals surface area (Å²) in [5, 5.41) is 17.7. The van der Waals surface area contributed by atoms with Gasteiger partial charge in [0.2, 0.25) is 0 Å². The lowest BCUT2D eigenvalue weighted by atomic mass is 10.1. The molecule has 6 heteroatoms. The van der Waals surface area contributed by atoms with Crippen LogP contribution in [0.2, 0.25) is 0 Å². The van der Waals surface area contributed by atoms with Gasteiger partial charge in [-0.15, -0.1) is 5.11 Å². The molecule has 0 aliphatic rings. The van der Waals surface area contributed by atoms with E-state index in [4.69, 9.17) is 0 Å². The van der Waals surface area contributed by atoms with E-state index in [1.54, 1.807) is 0 Å². The van der Waals surface area contributed by atoms with Gasteiger partial charge in [0.1, 0.15) is 0 Å². The van der Waals surface area contributed by atoms with Crippen LogP contribution in [-0.2, 0) is 0 Å². The third-order valence-corrected chi connectivity index (χ3v) is 1.79. The van der Waals surface area contributed by atoms with Crippen molar-refractivity contribution in [3.8, 4) is 0 Å². The first-order valence-corrected chi connectivity index (χ1v) is 4.15. The Morgan fingerprint density at radius 1 is 1.47 bits per heavy atom. The summed E-state index contributed by atoms with van der Waals surface area (Å²) in [6.45, 7) is 1.35. The van der Waals surface area contributed by atoms with Gasteiger partial charge in [0.15, 0.2) is 11.5 Å². The Bertz CT molecular complexity index is 440. The summed E-state index contributed by atoms with van der Waals surface area (Å²) in [4.78, 5) is 21.1. The zero-order valence-corrected chi connectivity index (χ0v) is 8.30. The largest absolute Gasteiger partial charge is 0.297 e. The Kier molecular flexibility index (Phi) is 3.22. The van der Waals surface area contributed by atoms with Crippen molar-refractivity contribution in [1.82, 2.24) is 0 Å². The number of nitro benzene ring substituents is 1. The van der Waals surface area contributed by atoms with E-state index in [1.165, 1.54) is 32.2 Å². The van der Waals surface area contributed by atoms with Crippen molar-refractivity contribution in [2.45, 2.75) is 6.92 Å². The van der Waals surface area contributed by atoms with Crippen LogP contribution in [0.15, 0.2) is 28.4 Å². The number of hydrogen-bond acceptors (Lipinski definition) is 5. The van der Waals surface area contributed by atoms with Crippen LogP contribution in [0.1, 0.15) is 17.3 Å². The fraction of sp³-hybridized carbons (Fsp3) is 0.222. The van der Waals surface area contributed by atoms with E-state index in [1.807, 2.05) is 0 Å². The van der Waals surface area contributed by atoms with Crippen LogP contribution < -0.4 is 0 Å². The number of ketones is 1. The standard InChI is InChI=1S/C9H9N3O3/c1-6(13)7-3-4-8(11-10-2)9(5-7)12(14)15/h3-5H,1-2H3/b11-10+. The van der Waals surface area contributed by atoms with Crippen LogP contribution in [0.3, 0.4) is 0 Å². The number of carbonyl (C=O) groups is 1. The maximum absolute atomic E-state index is 11.0. The predicted molar refractivity (Wildman–Crippen MR) is 53.5 cm³/mol. The van der Waals surface area contributed by atoms with Crippen molar-refractivity contribution in [1.29, 1.82) is 0 Å². The molecular weight excluding hydrogens is 198 g/mol. The van der Waals surface area contributed by atoms with Gasteiger partial charge in [-0.25, -0.2) is 0 Å². The highest BCUT2D eigenvalue weighted by molar-refractivity contribution is 5.95. The second kappa shape index (κ2) is 4.41. The van der Waals surface area contributed by atoms with Gasteiger partial charge in [0.25, 0.3) is 5.69 Å². The highest BCUT2D eigenvalue weighted by atomic mass is 16.6. The zero-order valence-electron chi connectivity index (χ0n) is 8.30. The minimum Gasteiger partial charge on any atom is -0.295 e. The molecule has 0 aliphatic carbocycles. The summed E-state index contributed by atoms with van der Waals surface area (Å²) in [6, 6.07) is 4.09.